The van der Waals surface area contributed by atoms with Gasteiger partial charge in [-0.2, -0.15) is 23.4 Å². The fourth-order valence-electron chi connectivity index (χ4n) is 4.58. The first kappa shape index (κ1) is 21.6. The first-order valence-corrected chi connectivity index (χ1v) is 11.3. The maximum atomic E-state index is 13.5. The minimum absolute atomic E-state index is 0.0923. The molecule has 0 spiro atoms. The van der Waals surface area contributed by atoms with Crippen LogP contribution in [0.4, 0.5) is 13.2 Å². The number of amides is 1. The van der Waals surface area contributed by atoms with Gasteiger partial charge >= 0.3 is 6.18 Å². The number of nitrogens with zero attached hydrogens (tertiary/aromatic N) is 6. The Labute approximate surface area is 191 Å². The molecule has 1 amide bonds. The van der Waals surface area contributed by atoms with Gasteiger partial charge in [0.25, 0.3) is 5.91 Å². The first-order valence-electron chi connectivity index (χ1n) is 10.4. The Bertz CT molecular complexity index is 1400. The van der Waals surface area contributed by atoms with Crippen LogP contribution in [0.1, 0.15) is 45.8 Å². The zero-order valence-electron chi connectivity index (χ0n) is 18.4. The lowest BCUT2D eigenvalue weighted by atomic mass is 9.96. The number of alkyl halides is 3. The number of rotatable bonds is 2. The van der Waals surface area contributed by atoms with Crippen molar-refractivity contribution in [2.24, 2.45) is 14.1 Å². The predicted octanol–water partition coefficient (Wildman–Crippen LogP) is 4.52. The van der Waals surface area contributed by atoms with Crippen LogP contribution in [0, 0.1) is 6.92 Å². The van der Waals surface area contributed by atoms with Gasteiger partial charge in [0.2, 0.25) is 0 Å². The van der Waals surface area contributed by atoms with E-state index in [2.05, 4.69) is 15.2 Å². The summed E-state index contributed by atoms with van der Waals surface area (Å²) >= 11 is 1.48. The molecule has 0 unspecified atom stereocenters. The van der Waals surface area contributed by atoms with Crippen molar-refractivity contribution in [2.75, 3.05) is 6.54 Å². The van der Waals surface area contributed by atoms with E-state index < -0.39 is 11.9 Å². The molecule has 7 nitrogen and oxygen atoms in total. The highest BCUT2D eigenvalue weighted by atomic mass is 32.1. The van der Waals surface area contributed by atoms with Crippen molar-refractivity contribution < 1.29 is 18.0 Å². The van der Waals surface area contributed by atoms with Gasteiger partial charge in [0.15, 0.2) is 0 Å². The Morgan fingerprint density at radius 2 is 1.91 bits per heavy atom. The fraction of sp³-hybridized carbons (Fsp3) is 0.364. The SMILES string of the molecule is Cc1cc2ncsc2cc1C(=O)N1CCc2c(nn(C)c2-c2cc(C(F)(F)F)n(C)n2)[C@@H]1C. The van der Waals surface area contributed by atoms with Crippen LogP contribution < -0.4 is 0 Å². The molecule has 3 aromatic heterocycles. The van der Waals surface area contributed by atoms with Gasteiger partial charge in [-0.05, 0) is 44.0 Å². The van der Waals surface area contributed by atoms with Crippen LogP contribution in [0.5, 0.6) is 0 Å². The van der Waals surface area contributed by atoms with Crippen LogP contribution >= 0.6 is 11.3 Å². The summed E-state index contributed by atoms with van der Waals surface area (Å²) in [5.41, 5.74) is 5.57. The Hall–Kier alpha value is -3.21. The van der Waals surface area contributed by atoms with E-state index >= 15 is 0 Å². The lowest BCUT2D eigenvalue weighted by Gasteiger charge is -2.33. The average Bonchev–Trinajstić information content (AvgIpc) is 3.43. The second kappa shape index (κ2) is 7.41. The van der Waals surface area contributed by atoms with Gasteiger partial charge in [-0.25, -0.2) is 4.98 Å². The second-order valence-electron chi connectivity index (χ2n) is 8.28. The van der Waals surface area contributed by atoms with Gasteiger partial charge in [-0.3, -0.25) is 14.2 Å². The van der Waals surface area contributed by atoms with Crippen LogP contribution in [0.15, 0.2) is 23.7 Å². The third-order valence-electron chi connectivity index (χ3n) is 6.22. The number of halogens is 3. The molecule has 1 aromatic carbocycles. The number of aromatic nitrogens is 5. The molecule has 1 atom stereocenters. The van der Waals surface area contributed by atoms with Crippen molar-refractivity contribution >= 4 is 27.5 Å². The molecule has 0 aliphatic carbocycles. The summed E-state index contributed by atoms with van der Waals surface area (Å²) in [5.74, 6) is -0.0923. The third-order valence-corrected chi connectivity index (χ3v) is 7.02. The molecule has 0 fully saturated rings. The normalized spacial score (nSPS) is 16.5. The molecule has 0 radical (unpaired) electrons. The first-order chi connectivity index (χ1) is 15.6. The predicted molar refractivity (Wildman–Crippen MR) is 118 cm³/mol. The Morgan fingerprint density at radius 3 is 2.61 bits per heavy atom. The van der Waals surface area contributed by atoms with Crippen LogP contribution in [0.2, 0.25) is 0 Å². The maximum absolute atomic E-state index is 13.5. The largest absolute Gasteiger partial charge is 0.433 e. The van der Waals surface area contributed by atoms with Gasteiger partial charge in [0.05, 0.1) is 33.2 Å². The average molecular weight is 475 g/mol. The standard InChI is InChI=1S/C22H21F3N6OS/c1-11-7-15-17(33-10-26-15)8-14(11)21(32)31-6-5-13-19(12(31)2)28-30(4)20(13)16-9-18(22(23,24)25)29(3)27-16/h7-10,12H,5-6H2,1-4H3/t12-/m0/s1. The summed E-state index contributed by atoms with van der Waals surface area (Å²) < 4.78 is 43.2. The van der Waals surface area contributed by atoms with E-state index in [0.29, 0.717) is 29.9 Å². The molecule has 0 N–H and O–H groups in total. The lowest BCUT2D eigenvalue weighted by molar-refractivity contribution is -0.143. The van der Waals surface area contributed by atoms with Crippen molar-refractivity contribution in [1.82, 2.24) is 29.4 Å². The number of hydrogen-bond acceptors (Lipinski definition) is 5. The number of benzene rings is 1. The maximum Gasteiger partial charge on any atom is 0.433 e. The van der Waals surface area contributed by atoms with E-state index in [9.17, 15) is 18.0 Å². The highest BCUT2D eigenvalue weighted by molar-refractivity contribution is 7.16. The van der Waals surface area contributed by atoms with Gasteiger partial charge in [-0.1, -0.05) is 0 Å². The molecule has 0 bridgehead atoms. The lowest BCUT2D eigenvalue weighted by Crippen LogP contribution is -2.39. The smallest absolute Gasteiger partial charge is 0.330 e. The topological polar surface area (TPSA) is 68.8 Å². The van der Waals surface area contributed by atoms with Crippen LogP contribution in [-0.4, -0.2) is 41.9 Å². The second-order valence-corrected chi connectivity index (χ2v) is 9.17. The van der Waals surface area contributed by atoms with E-state index in [0.717, 1.165) is 32.1 Å². The molecule has 1 aliphatic heterocycles. The summed E-state index contributed by atoms with van der Waals surface area (Å²) in [6.07, 6.45) is -4.01. The molecule has 5 rings (SSSR count). The Morgan fingerprint density at radius 1 is 1.15 bits per heavy atom. The zero-order valence-corrected chi connectivity index (χ0v) is 19.3. The molecule has 4 heterocycles. The fourth-order valence-corrected chi connectivity index (χ4v) is 5.28. The van der Waals surface area contributed by atoms with Crippen molar-refractivity contribution in [2.45, 2.75) is 32.5 Å². The summed E-state index contributed by atoms with van der Waals surface area (Å²) in [6.45, 7) is 4.22. The summed E-state index contributed by atoms with van der Waals surface area (Å²) in [4.78, 5) is 19.5. The molecular formula is C22H21F3N6OS. The number of aryl methyl sites for hydroxylation is 3. The molecule has 11 heteroatoms. The summed E-state index contributed by atoms with van der Waals surface area (Å²) in [5, 5.41) is 8.69. The minimum Gasteiger partial charge on any atom is -0.330 e. The van der Waals surface area contributed by atoms with Crippen molar-refractivity contribution in [3.05, 3.63) is 51.8 Å². The third kappa shape index (κ3) is 3.41. The van der Waals surface area contributed by atoms with E-state index in [1.165, 1.54) is 18.4 Å². The van der Waals surface area contributed by atoms with Crippen molar-refractivity contribution in [3.8, 4) is 11.4 Å². The number of carbonyl (C=O) groups excluding carboxylic acids is 1. The van der Waals surface area contributed by atoms with Gasteiger partial charge in [0, 0.05) is 31.8 Å². The van der Waals surface area contributed by atoms with Gasteiger partial charge in [0.1, 0.15) is 11.4 Å². The van der Waals surface area contributed by atoms with Crippen LogP contribution in [0.25, 0.3) is 21.6 Å². The van der Waals surface area contributed by atoms with Gasteiger partial charge in [-0.15, -0.1) is 11.3 Å². The number of thiazole rings is 1. The number of carbonyl (C=O) groups is 1. The quantitative estimate of drug-likeness (QED) is 0.429. The van der Waals surface area contributed by atoms with Crippen molar-refractivity contribution in [1.29, 1.82) is 0 Å². The van der Waals surface area contributed by atoms with Crippen LogP contribution in [-0.2, 0) is 26.7 Å². The summed E-state index contributed by atoms with van der Waals surface area (Å²) in [6, 6.07) is 4.51. The highest BCUT2D eigenvalue weighted by Crippen LogP contribution is 2.38. The molecular weight excluding hydrogens is 453 g/mol. The van der Waals surface area contributed by atoms with E-state index in [1.807, 2.05) is 26.0 Å². The van der Waals surface area contributed by atoms with Gasteiger partial charge < -0.3 is 4.90 Å². The van der Waals surface area contributed by atoms with E-state index in [4.69, 9.17) is 0 Å². The number of hydrogen-bond donors (Lipinski definition) is 0. The van der Waals surface area contributed by atoms with Crippen molar-refractivity contribution in [3.63, 3.8) is 0 Å². The minimum atomic E-state index is -4.49. The van der Waals surface area contributed by atoms with E-state index in [1.54, 1.807) is 22.1 Å². The highest BCUT2D eigenvalue weighted by Gasteiger charge is 2.38. The molecule has 0 saturated carbocycles. The number of fused-ring (bicyclic) bond motifs is 2. The van der Waals surface area contributed by atoms with E-state index in [-0.39, 0.29) is 17.6 Å². The Kier molecular flexibility index (Phi) is 4.85. The van der Waals surface area contributed by atoms with Crippen LogP contribution in [0.3, 0.4) is 0 Å². The molecule has 0 saturated heterocycles. The molecule has 1 aliphatic rings. The molecule has 4 aromatic rings. The zero-order chi connectivity index (χ0) is 23.7. The molecule has 172 valence electrons. The summed E-state index contributed by atoms with van der Waals surface area (Å²) in [7, 11) is 2.97. The Balaban J connectivity index is 1.51. The molecule has 33 heavy (non-hydrogen) atoms. The monoisotopic (exact) mass is 474 g/mol.